The molecule has 0 bridgehead atoms. The summed E-state index contributed by atoms with van der Waals surface area (Å²) in [6, 6.07) is 8.34. The van der Waals surface area contributed by atoms with Crippen LogP contribution in [0.1, 0.15) is 37.8 Å². The Morgan fingerprint density at radius 3 is 2.50 bits per heavy atom. The molecule has 18 heavy (non-hydrogen) atoms. The zero-order valence-electron chi connectivity index (χ0n) is 11.3. The normalized spacial score (nSPS) is 17.9. The molecule has 0 saturated carbocycles. The quantitative estimate of drug-likeness (QED) is 0.841. The molecule has 2 rings (SSSR count). The molecule has 0 aromatic heterocycles. The fourth-order valence-corrected chi connectivity index (χ4v) is 2.38. The van der Waals surface area contributed by atoms with E-state index in [4.69, 9.17) is 10.5 Å². The summed E-state index contributed by atoms with van der Waals surface area (Å²) in [5.41, 5.74) is 7.44. The van der Waals surface area contributed by atoms with Crippen LogP contribution in [0.2, 0.25) is 0 Å². The molecule has 0 amide bonds. The van der Waals surface area contributed by atoms with Crippen molar-refractivity contribution in [3.8, 4) is 5.75 Å². The molecule has 1 aromatic carbocycles. The molecule has 3 heteroatoms. The summed E-state index contributed by atoms with van der Waals surface area (Å²) < 4.78 is 5.57. The molecule has 1 aliphatic heterocycles. The molecule has 100 valence electrons. The molecule has 1 unspecified atom stereocenters. The van der Waals surface area contributed by atoms with Crippen LogP contribution < -0.4 is 10.5 Å². The zero-order valence-corrected chi connectivity index (χ0v) is 11.3. The summed E-state index contributed by atoms with van der Waals surface area (Å²) in [4.78, 5) is 2.45. The average Bonchev–Trinajstić information content (AvgIpc) is 2.89. The van der Waals surface area contributed by atoms with E-state index in [1.54, 1.807) is 0 Å². The third kappa shape index (κ3) is 3.72. The lowest BCUT2D eigenvalue weighted by atomic mass is 10.1. The van der Waals surface area contributed by atoms with Gasteiger partial charge in [-0.05, 0) is 50.0 Å². The Hall–Kier alpha value is -1.06. The molecule has 1 fully saturated rings. The van der Waals surface area contributed by atoms with Gasteiger partial charge in [0.15, 0.2) is 0 Å². The van der Waals surface area contributed by atoms with Gasteiger partial charge in [0.2, 0.25) is 0 Å². The smallest absolute Gasteiger partial charge is 0.119 e. The molecule has 1 heterocycles. The van der Waals surface area contributed by atoms with Crippen LogP contribution in [0.15, 0.2) is 24.3 Å². The number of hydrogen-bond acceptors (Lipinski definition) is 3. The Balaban J connectivity index is 1.87. The maximum Gasteiger partial charge on any atom is 0.119 e. The van der Waals surface area contributed by atoms with Crippen LogP contribution in [0.25, 0.3) is 0 Å². The van der Waals surface area contributed by atoms with E-state index in [-0.39, 0.29) is 6.04 Å². The lowest BCUT2D eigenvalue weighted by Crippen LogP contribution is -2.29. The molecular weight excluding hydrogens is 224 g/mol. The first kappa shape index (κ1) is 13.4. The van der Waals surface area contributed by atoms with Crippen LogP contribution >= 0.6 is 0 Å². The van der Waals surface area contributed by atoms with Gasteiger partial charge in [0.05, 0.1) is 6.61 Å². The Kier molecular flexibility index (Phi) is 5.02. The van der Waals surface area contributed by atoms with E-state index >= 15 is 0 Å². The molecular formula is C15H24N2O. The minimum absolute atomic E-state index is 0.114. The predicted molar refractivity (Wildman–Crippen MR) is 74.8 cm³/mol. The standard InChI is InChI=1S/C15H24N2O/c1-2-11-18-14-7-5-13(6-8-14)15(16)12-17-9-3-4-10-17/h5-8,15H,2-4,9-12,16H2,1H3. The lowest BCUT2D eigenvalue weighted by molar-refractivity contribution is 0.313. The van der Waals surface area contributed by atoms with Gasteiger partial charge < -0.3 is 15.4 Å². The third-order valence-electron chi connectivity index (χ3n) is 3.43. The van der Waals surface area contributed by atoms with Gasteiger partial charge in [0.1, 0.15) is 5.75 Å². The summed E-state index contributed by atoms with van der Waals surface area (Å²) in [6.45, 7) is 6.26. The SMILES string of the molecule is CCCOc1ccc(C(N)CN2CCCC2)cc1. The van der Waals surface area contributed by atoms with Crippen LogP contribution in [0.3, 0.4) is 0 Å². The molecule has 0 spiro atoms. The molecule has 2 N–H and O–H groups in total. The van der Waals surface area contributed by atoms with Crippen molar-refractivity contribution in [1.82, 2.24) is 4.90 Å². The van der Waals surface area contributed by atoms with Gasteiger partial charge in [0.25, 0.3) is 0 Å². The van der Waals surface area contributed by atoms with Crippen molar-refractivity contribution in [1.29, 1.82) is 0 Å². The van der Waals surface area contributed by atoms with Crippen molar-refractivity contribution < 1.29 is 4.74 Å². The van der Waals surface area contributed by atoms with E-state index in [9.17, 15) is 0 Å². The highest BCUT2D eigenvalue weighted by molar-refractivity contribution is 5.29. The van der Waals surface area contributed by atoms with Crippen molar-refractivity contribution >= 4 is 0 Å². The summed E-state index contributed by atoms with van der Waals surface area (Å²) in [5.74, 6) is 0.939. The molecule has 0 radical (unpaired) electrons. The van der Waals surface area contributed by atoms with Gasteiger partial charge >= 0.3 is 0 Å². The summed E-state index contributed by atoms with van der Waals surface area (Å²) in [6.07, 6.45) is 3.67. The fourth-order valence-electron chi connectivity index (χ4n) is 2.38. The van der Waals surface area contributed by atoms with E-state index in [1.807, 2.05) is 12.1 Å². The van der Waals surface area contributed by atoms with Gasteiger partial charge in [-0.15, -0.1) is 0 Å². The molecule has 1 aromatic rings. The minimum atomic E-state index is 0.114. The van der Waals surface area contributed by atoms with Crippen LogP contribution in [-0.4, -0.2) is 31.1 Å². The van der Waals surface area contributed by atoms with Crippen LogP contribution in [0, 0.1) is 0 Å². The monoisotopic (exact) mass is 248 g/mol. The first-order valence-electron chi connectivity index (χ1n) is 7.00. The van der Waals surface area contributed by atoms with Crippen molar-refractivity contribution in [3.63, 3.8) is 0 Å². The third-order valence-corrected chi connectivity index (χ3v) is 3.43. The Morgan fingerprint density at radius 2 is 1.89 bits per heavy atom. The van der Waals surface area contributed by atoms with Crippen molar-refractivity contribution in [2.24, 2.45) is 5.73 Å². The maximum absolute atomic E-state index is 6.24. The first-order chi connectivity index (χ1) is 8.79. The van der Waals surface area contributed by atoms with Gasteiger partial charge in [-0.2, -0.15) is 0 Å². The van der Waals surface area contributed by atoms with Gasteiger partial charge in [0, 0.05) is 12.6 Å². The van der Waals surface area contributed by atoms with Crippen LogP contribution in [0.5, 0.6) is 5.75 Å². The second-order valence-corrected chi connectivity index (χ2v) is 5.03. The summed E-state index contributed by atoms with van der Waals surface area (Å²) in [5, 5.41) is 0. The highest BCUT2D eigenvalue weighted by atomic mass is 16.5. The molecule has 1 aliphatic rings. The Labute approximate surface area is 110 Å². The summed E-state index contributed by atoms with van der Waals surface area (Å²) in [7, 11) is 0. The highest BCUT2D eigenvalue weighted by Gasteiger charge is 2.15. The van der Waals surface area contributed by atoms with Crippen LogP contribution in [0.4, 0.5) is 0 Å². The van der Waals surface area contributed by atoms with E-state index in [0.717, 1.165) is 25.3 Å². The number of nitrogens with two attached hydrogens (primary N) is 1. The van der Waals surface area contributed by atoms with Gasteiger partial charge in [-0.3, -0.25) is 0 Å². The lowest BCUT2D eigenvalue weighted by Gasteiger charge is -2.20. The van der Waals surface area contributed by atoms with Crippen molar-refractivity contribution in [2.75, 3.05) is 26.2 Å². The predicted octanol–water partition coefficient (Wildman–Crippen LogP) is 2.57. The second-order valence-electron chi connectivity index (χ2n) is 5.03. The van der Waals surface area contributed by atoms with E-state index in [1.165, 1.54) is 31.5 Å². The second kappa shape index (κ2) is 6.76. The van der Waals surface area contributed by atoms with E-state index in [2.05, 4.69) is 24.0 Å². The van der Waals surface area contributed by atoms with Crippen molar-refractivity contribution in [3.05, 3.63) is 29.8 Å². The summed E-state index contributed by atoms with van der Waals surface area (Å²) >= 11 is 0. The Bertz CT molecular complexity index is 344. The van der Waals surface area contributed by atoms with Crippen LogP contribution in [-0.2, 0) is 0 Å². The Morgan fingerprint density at radius 1 is 1.22 bits per heavy atom. The van der Waals surface area contributed by atoms with E-state index in [0.29, 0.717) is 0 Å². The molecule has 1 saturated heterocycles. The van der Waals surface area contributed by atoms with Crippen molar-refractivity contribution in [2.45, 2.75) is 32.2 Å². The number of rotatable bonds is 6. The van der Waals surface area contributed by atoms with E-state index < -0.39 is 0 Å². The average molecular weight is 248 g/mol. The number of ether oxygens (including phenoxy) is 1. The largest absolute Gasteiger partial charge is 0.494 e. The zero-order chi connectivity index (χ0) is 12.8. The molecule has 1 atom stereocenters. The minimum Gasteiger partial charge on any atom is -0.494 e. The molecule has 3 nitrogen and oxygen atoms in total. The number of benzene rings is 1. The first-order valence-corrected chi connectivity index (χ1v) is 7.00. The molecule has 0 aliphatic carbocycles. The number of likely N-dealkylation sites (tertiary alicyclic amines) is 1. The topological polar surface area (TPSA) is 38.5 Å². The fraction of sp³-hybridized carbons (Fsp3) is 0.600. The van der Waals surface area contributed by atoms with Gasteiger partial charge in [-0.1, -0.05) is 19.1 Å². The maximum atomic E-state index is 6.24. The number of nitrogens with zero attached hydrogens (tertiary/aromatic N) is 1. The van der Waals surface area contributed by atoms with Gasteiger partial charge in [-0.25, -0.2) is 0 Å². The number of hydrogen-bond donors (Lipinski definition) is 1. The highest BCUT2D eigenvalue weighted by Crippen LogP contribution is 2.19.